The predicted octanol–water partition coefficient (Wildman–Crippen LogP) is 0.806. The zero-order chi connectivity index (χ0) is 9.97. The van der Waals surface area contributed by atoms with Crippen molar-refractivity contribution in [2.45, 2.75) is 18.8 Å². The molecular formula is C9H11NO4. The number of aliphatic carboxylic acids is 1. The van der Waals surface area contributed by atoms with Crippen LogP contribution in [0.2, 0.25) is 0 Å². The predicted molar refractivity (Wildman–Crippen MR) is 46.0 cm³/mol. The highest BCUT2D eigenvalue weighted by molar-refractivity contribution is 5.69. The molecule has 2 heterocycles. The molecule has 1 unspecified atom stereocenters. The molecule has 0 radical (unpaired) electrons. The van der Waals surface area contributed by atoms with Crippen molar-refractivity contribution in [2.75, 3.05) is 13.2 Å². The SMILES string of the molecule is O=C(O)Cc1cc(C2CCOC2)on1. The summed E-state index contributed by atoms with van der Waals surface area (Å²) in [5.74, 6) is 0.0799. The second kappa shape index (κ2) is 3.79. The molecule has 0 spiro atoms. The van der Waals surface area contributed by atoms with E-state index < -0.39 is 5.97 Å². The van der Waals surface area contributed by atoms with Gasteiger partial charge in [0.2, 0.25) is 0 Å². The van der Waals surface area contributed by atoms with E-state index in [9.17, 15) is 4.79 Å². The van der Waals surface area contributed by atoms with Crippen LogP contribution in [-0.2, 0) is 16.0 Å². The molecule has 5 nitrogen and oxygen atoms in total. The van der Waals surface area contributed by atoms with Gasteiger partial charge in [0, 0.05) is 18.6 Å². The van der Waals surface area contributed by atoms with Crippen molar-refractivity contribution in [1.29, 1.82) is 0 Å². The van der Waals surface area contributed by atoms with Gasteiger partial charge in [-0.05, 0) is 6.42 Å². The van der Waals surface area contributed by atoms with Crippen LogP contribution in [0.1, 0.15) is 23.8 Å². The Morgan fingerprint density at radius 3 is 3.21 bits per heavy atom. The van der Waals surface area contributed by atoms with Crippen molar-refractivity contribution in [1.82, 2.24) is 5.16 Å². The summed E-state index contributed by atoms with van der Waals surface area (Å²) in [5, 5.41) is 12.2. The summed E-state index contributed by atoms with van der Waals surface area (Å²) in [6.07, 6.45) is 0.832. The molecule has 14 heavy (non-hydrogen) atoms. The quantitative estimate of drug-likeness (QED) is 0.776. The lowest BCUT2D eigenvalue weighted by Gasteiger charge is -1.98. The van der Waals surface area contributed by atoms with E-state index in [-0.39, 0.29) is 12.3 Å². The van der Waals surface area contributed by atoms with E-state index >= 15 is 0 Å². The Balaban J connectivity index is 2.05. The monoisotopic (exact) mass is 197 g/mol. The van der Waals surface area contributed by atoms with Crippen LogP contribution in [0.25, 0.3) is 0 Å². The topological polar surface area (TPSA) is 72.6 Å². The molecule has 0 amide bonds. The second-order valence-electron chi connectivity index (χ2n) is 3.35. The smallest absolute Gasteiger partial charge is 0.309 e. The lowest BCUT2D eigenvalue weighted by atomic mass is 10.1. The molecule has 0 aliphatic carbocycles. The molecule has 1 atom stereocenters. The number of hydrogen-bond donors (Lipinski definition) is 1. The van der Waals surface area contributed by atoms with Crippen molar-refractivity contribution >= 4 is 5.97 Å². The van der Waals surface area contributed by atoms with Crippen molar-refractivity contribution in [3.8, 4) is 0 Å². The molecule has 1 N–H and O–H groups in total. The fraction of sp³-hybridized carbons (Fsp3) is 0.556. The summed E-state index contributed by atoms with van der Waals surface area (Å²) in [7, 11) is 0. The minimum absolute atomic E-state index is 0.0862. The molecular weight excluding hydrogens is 186 g/mol. The van der Waals surface area contributed by atoms with Gasteiger partial charge in [0.15, 0.2) is 0 Å². The maximum Gasteiger partial charge on any atom is 0.309 e. The molecule has 1 aliphatic heterocycles. The largest absolute Gasteiger partial charge is 0.481 e. The van der Waals surface area contributed by atoms with E-state index in [2.05, 4.69) is 5.16 Å². The van der Waals surface area contributed by atoms with Crippen LogP contribution in [0.4, 0.5) is 0 Å². The fourth-order valence-corrected chi connectivity index (χ4v) is 1.52. The highest BCUT2D eigenvalue weighted by atomic mass is 16.5. The average Bonchev–Trinajstić information content (AvgIpc) is 2.69. The molecule has 1 aliphatic rings. The minimum atomic E-state index is -0.896. The molecule has 1 fully saturated rings. The number of nitrogens with zero attached hydrogens (tertiary/aromatic N) is 1. The fourth-order valence-electron chi connectivity index (χ4n) is 1.52. The zero-order valence-electron chi connectivity index (χ0n) is 7.60. The van der Waals surface area contributed by atoms with E-state index in [1.807, 2.05) is 0 Å². The number of ether oxygens (including phenoxy) is 1. The van der Waals surface area contributed by atoms with Crippen molar-refractivity contribution in [2.24, 2.45) is 0 Å². The lowest BCUT2D eigenvalue weighted by Crippen LogP contribution is -1.99. The van der Waals surface area contributed by atoms with E-state index in [0.717, 1.165) is 18.8 Å². The Bertz CT molecular complexity index is 327. The molecule has 1 aromatic rings. The summed E-state index contributed by atoms with van der Waals surface area (Å²) in [5.41, 5.74) is 0.472. The number of rotatable bonds is 3. The lowest BCUT2D eigenvalue weighted by molar-refractivity contribution is -0.136. The Morgan fingerprint density at radius 1 is 1.71 bits per heavy atom. The van der Waals surface area contributed by atoms with Gasteiger partial charge in [-0.1, -0.05) is 5.16 Å². The molecule has 0 saturated carbocycles. The number of carbonyl (C=O) groups is 1. The molecule has 1 saturated heterocycles. The first-order chi connectivity index (χ1) is 6.75. The molecule has 1 aromatic heterocycles. The number of carboxylic acid groups (broad SMARTS) is 1. The van der Waals surface area contributed by atoms with Gasteiger partial charge < -0.3 is 14.4 Å². The first-order valence-electron chi connectivity index (χ1n) is 4.51. The Kier molecular flexibility index (Phi) is 2.49. The van der Waals surface area contributed by atoms with Gasteiger partial charge in [0.1, 0.15) is 5.76 Å². The summed E-state index contributed by atoms with van der Waals surface area (Å²) in [6, 6.07) is 1.70. The third-order valence-corrected chi connectivity index (χ3v) is 2.24. The minimum Gasteiger partial charge on any atom is -0.481 e. The van der Waals surface area contributed by atoms with Crippen LogP contribution in [0.3, 0.4) is 0 Å². The van der Waals surface area contributed by atoms with Gasteiger partial charge in [-0.15, -0.1) is 0 Å². The zero-order valence-corrected chi connectivity index (χ0v) is 7.60. The third kappa shape index (κ3) is 1.93. The molecule has 76 valence electrons. The van der Waals surface area contributed by atoms with Crippen LogP contribution in [0.15, 0.2) is 10.6 Å². The van der Waals surface area contributed by atoms with Gasteiger partial charge in [0.05, 0.1) is 18.7 Å². The summed E-state index contributed by atoms with van der Waals surface area (Å²) in [6.45, 7) is 1.38. The van der Waals surface area contributed by atoms with Crippen LogP contribution in [0, 0.1) is 0 Å². The Morgan fingerprint density at radius 2 is 2.57 bits per heavy atom. The summed E-state index contributed by atoms with van der Waals surface area (Å²) >= 11 is 0. The van der Waals surface area contributed by atoms with Crippen molar-refractivity contribution < 1.29 is 19.2 Å². The van der Waals surface area contributed by atoms with E-state index in [1.165, 1.54) is 0 Å². The highest BCUT2D eigenvalue weighted by Gasteiger charge is 2.22. The molecule has 2 rings (SSSR count). The van der Waals surface area contributed by atoms with Gasteiger partial charge >= 0.3 is 5.97 Å². The highest BCUT2D eigenvalue weighted by Crippen LogP contribution is 2.25. The standard InChI is InChI=1S/C9H11NO4/c11-9(12)4-7-3-8(14-10-7)6-1-2-13-5-6/h3,6H,1-2,4-5H2,(H,11,12). The summed E-state index contributed by atoms with van der Waals surface area (Å²) < 4.78 is 10.3. The molecule has 0 aromatic carbocycles. The van der Waals surface area contributed by atoms with Crippen LogP contribution < -0.4 is 0 Å². The second-order valence-corrected chi connectivity index (χ2v) is 3.35. The van der Waals surface area contributed by atoms with Crippen LogP contribution in [-0.4, -0.2) is 29.4 Å². The number of hydrogen-bond acceptors (Lipinski definition) is 4. The van der Waals surface area contributed by atoms with E-state index in [0.29, 0.717) is 12.3 Å². The van der Waals surface area contributed by atoms with Crippen molar-refractivity contribution in [3.05, 3.63) is 17.5 Å². The Labute approximate surface area is 80.6 Å². The van der Waals surface area contributed by atoms with Gasteiger partial charge in [0.25, 0.3) is 0 Å². The van der Waals surface area contributed by atoms with Crippen molar-refractivity contribution in [3.63, 3.8) is 0 Å². The van der Waals surface area contributed by atoms with E-state index in [1.54, 1.807) is 6.07 Å². The van der Waals surface area contributed by atoms with Gasteiger partial charge in [-0.2, -0.15) is 0 Å². The maximum absolute atomic E-state index is 10.4. The van der Waals surface area contributed by atoms with Crippen LogP contribution in [0.5, 0.6) is 0 Å². The third-order valence-electron chi connectivity index (χ3n) is 2.24. The Hall–Kier alpha value is -1.36. The molecule has 5 heteroatoms. The summed E-state index contributed by atoms with van der Waals surface area (Å²) in [4.78, 5) is 10.4. The normalized spacial score (nSPS) is 21.3. The van der Waals surface area contributed by atoms with E-state index in [4.69, 9.17) is 14.4 Å². The maximum atomic E-state index is 10.4. The average molecular weight is 197 g/mol. The first kappa shape index (κ1) is 9.21. The van der Waals surface area contributed by atoms with Gasteiger partial charge in [-0.25, -0.2) is 0 Å². The molecule has 0 bridgehead atoms. The van der Waals surface area contributed by atoms with Gasteiger partial charge in [-0.3, -0.25) is 4.79 Å². The number of carboxylic acids is 1. The number of aromatic nitrogens is 1. The first-order valence-corrected chi connectivity index (χ1v) is 4.51. The van der Waals surface area contributed by atoms with Crippen LogP contribution >= 0.6 is 0 Å².